The predicted octanol–water partition coefficient (Wildman–Crippen LogP) is 0.570. The molecule has 1 aromatic rings. The van der Waals surface area contributed by atoms with Crippen molar-refractivity contribution in [2.24, 2.45) is 11.8 Å². The summed E-state index contributed by atoms with van der Waals surface area (Å²) < 4.78 is 0. The minimum atomic E-state index is -0.108. The molecule has 1 aliphatic carbocycles. The third kappa shape index (κ3) is 2.20. The van der Waals surface area contributed by atoms with E-state index in [1.165, 1.54) is 0 Å². The first-order chi connectivity index (χ1) is 8.61. The highest BCUT2D eigenvalue weighted by atomic mass is 16.3. The van der Waals surface area contributed by atoms with E-state index in [9.17, 15) is 5.11 Å². The van der Waals surface area contributed by atoms with Gasteiger partial charge in [-0.15, -0.1) is 0 Å². The van der Waals surface area contributed by atoms with Gasteiger partial charge < -0.3 is 10.8 Å². The first kappa shape index (κ1) is 11.9. The van der Waals surface area contributed by atoms with Gasteiger partial charge >= 0.3 is 0 Å². The summed E-state index contributed by atoms with van der Waals surface area (Å²) in [6, 6.07) is 1.78. The molecule has 0 amide bonds. The minimum Gasteiger partial charge on any atom is -0.393 e. The first-order valence-electron chi connectivity index (χ1n) is 6.62. The van der Waals surface area contributed by atoms with Crippen LogP contribution in [0.25, 0.3) is 0 Å². The summed E-state index contributed by atoms with van der Waals surface area (Å²) >= 11 is 0. The van der Waals surface area contributed by atoms with E-state index in [2.05, 4.69) is 14.9 Å². The van der Waals surface area contributed by atoms with E-state index in [0.717, 1.165) is 44.0 Å². The number of hydrogen-bond donors (Lipinski definition) is 2. The van der Waals surface area contributed by atoms with Gasteiger partial charge in [0.25, 0.3) is 0 Å². The van der Waals surface area contributed by atoms with Crippen LogP contribution in [0.15, 0.2) is 6.07 Å². The molecular weight excluding hydrogens is 228 g/mol. The summed E-state index contributed by atoms with van der Waals surface area (Å²) in [6.07, 6.45) is 2.01. The predicted molar refractivity (Wildman–Crippen MR) is 68.7 cm³/mol. The fraction of sp³-hybridized carbons (Fsp3) is 0.692. The summed E-state index contributed by atoms with van der Waals surface area (Å²) in [6.45, 7) is 4.69. The Morgan fingerprint density at radius 3 is 2.94 bits per heavy atom. The molecule has 3 unspecified atom stereocenters. The monoisotopic (exact) mass is 248 g/mol. The average Bonchev–Trinajstić information content (AvgIpc) is 2.80. The maximum atomic E-state index is 9.89. The number of anilines is 1. The Balaban J connectivity index is 1.67. The van der Waals surface area contributed by atoms with Crippen molar-refractivity contribution in [2.45, 2.75) is 32.4 Å². The van der Waals surface area contributed by atoms with Crippen LogP contribution in [0.1, 0.15) is 24.4 Å². The highest BCUT2D eigenvalue weighted by Crippen LogP contribution is 2.38. The van der Waals surface area contributed by atoms with E-state index >= 15 is 0 Å². The van der Waals surface area contributed by atoms with Crippen molar-refractivity contribution in [2.75, 3.05) is 18.8 Å². The molecule has 0 bridgehead atoms. The molecule has 3 N–H and O–H groups in total. The second-order valence-corrected chi connectivity index (χ2v) is 5.61. The van der Waals surface area contributed by atoms with Gasteiger partial charge in [0.05, 0.1) is 12.6 Å². The highest BCUT2D eigenvalue weighted by Gasteiger charge is 2.41. The Morgan fingerprint density at radius 2 is 2.22 bits per heavy atom. The normalized spacial score (nSPS) is 31.8. The van der Waals surface area contributed by atoms with Crippen LogP contribution in [0.4, 0.5) is 5.82 Å². The quantitative estimate of drug-likeness (QED) is 0.800. The number of aliphatic hydroxyl groups excluding tert-OH is 1. The molecule has 2 aliphatic rings. The Hall–Kier alpha value is -1.20. The lowest BCUT2D eigenvalue weighted by Crippen LogP contribution is -2.25. The molecule has 0 radical (unpaired) electrons. The molecule has 0 aromatic carbocycles. The van der Waals surface area contributed by atoms with Gasteiger partial charge in [-0.3, -0.25) is 4.90 Å². The number of aromatic nitrogens is 2. The molecule has 0 spiro atoms. The molecular formula is C13H20N4O. The number of likely N-dealkylation sites (tertiary alicyclic amines) is 1. The van der Waals surface area contributed by atoms with E-state index in [1.54, 1.807) is 6.07 Å². The van der Waals surface area contributed by atoms with Gasteiger partial charge in [-0.1, -0.05) is 0 Å². The molecule has 5 heteroatoms. The molecule has 1 saturated carbocycles. The Labute approximate surface area is 107 Å². The van der Waals surface area contributed by atoms with E-state index in [1.807, 2.05) is 6.92 Å². The van der Waals surface area contributed by atoms with Crippen LogP contribution >= 0.6 is 0 Å². The molecule has 18 heavy (non-hydrogen) atoms. The lowest BCUT2D eigenvalue weighted by atomic mass is 10.00. The summed E-state index contributed by atoms with van der Waals surface area (Å²) in [7, 11) is 0. The molecule has 1 aromatic heterocycles. The van der Waals surface area contributed by atoms with Crippen molar-refractivity contribution in [3.05, 3.63) is 17.6 Å². The molecule has 2 heterocycles. The van der Waals surface area contributed by atoms with Crippen molar-refractivity contribution in [1.82, 2.24) is 14.9 Å². The van der Waals surface area contributed by atoms with Crippen molar-refractivity contribution >= 4 is 5.82 Å². The summed E-state index contributed by atoms with van der Waals surface area (Å²) in [5.74, 6) is 2.44. The van der Waals surface area contributed by atoms with Crippen LogP contribution < -0.4 is 5.73 Å². The topological polar surface area (TPSA) is 75.3 Å². The van der Waals surface area contributed by atoms with Gasteiger partial charge in [0.1, 0.15) is 11.6 Å². The minimum absolute atomic E-state index is 0.108. The Kier molecular flexibility index (Phi) is 2.95. The third-order valence-corrected chi connectivity index (χ3v) is 4.18. The molecule has 98 valence electrons. The second kappa shape index (κ2) is 4.48. The summed E-state index contributed by atoms with van der Waals surface area (Å²) in [4.78, 5) is 11.0. The van der Waals surface area contributed by atoms with Crippen LogP contribution in [-0.2, 0) is 6.54 Å². The molecule has 5 nitrogen and oxygen atoms in total. The number of aliphatic hydroxyl groups is 1. The summed E-state index contributed by atoms with van der Waals surface area (Å²) in [5, 5.41) is 9.89. The highest BCUT2D eigenvalue weighted by molar-refractivity contribution is 5.29. The zero-order chi connectivity index (χ0) is 12.7. The Bertz CT molecular complexity index is 430. The largest absolute Gasteiger partial charge is 0.393 e. The molecule has 3 atom stereocenters. The average molecular weight is 248 g/mol. The van der Waals surface area contributed by atoms with Crippen molar-refractivity contribution in [1.29, 1.82) is 0 Å². The van der Waals surface area contributed by atoms with Crippen LogP contribution in [0.3, 0.4) is 0 Å². The second-order valence-electron chi connectivity index (χ2n) is 5.61. The molecule has 1 saturated heterocycles. The third-order valence-electron chi connectivity index (χ3n) is 4.18. The Morgan fingerprint density at radius 1 is 1.39 bits per heavy atom. The number of nitrogens with zero attached hydrogens (tertiary/aromatic N) is 3. The van der Waals surface area contributed by atoms with Gasteiger partial charge in [-0.2, -0.15) is 0 Å². The van der Waals surface area contributed by atoms with Crippen LogP contribution in [-0.4, -0.2) is 39.2 Å². The van der Waals surface area contributed by atoms with E-state index in [-0.39, 0.29) is 6.10 Å². The van der Waals surface area contributed by atoms with Crippen LogP contribution in [0.5, 0.6) is 0 Å². The van der Waals surface area contributed by atoms with Crippen molar-refractivity contribution < 1.29 is 5.11 Å². The smallest absolute Gasteiger partial charge is 0.144 e. The number of hydrogen-bond acceptors (Lipinski definition) is 5. The van der Waals surface area contributed by atoms with Gasteiger partial charge in [-0.25, -0.2) is 9.97 Å². The molecule has 3 rings (SSSR count). The van der Waals surface area contributed by atoms with Gasteiger partial charge in [0.2, 0.25) is 0 Å². The number of nitrogen functional groups attached to an aromatic ring is 1. The number of aryl methyl sites for hydroxylation is 1. The zero-order valence-corrected chi connectivity index (χ0v) is 10.7. The lowest BCUT2D eigenvalue weighted by molar-refractivity contribution is 0.123. The van der Waals surface area contributed by atoms with Crippen molar-refractivity contribution in [3.8, 4) is 0 Å². The van der Waals surface area contributed by atoms with Crippen LogP contribution in [0, 0.1) is 18.8 Å². The number of fused-ring (bicyclic) bond motifs is 1. The fourth-order valence-corrected chi connectivity index (χ4v) is 3.38. The maximum absolute atomic E-state index is 9.89. The summed E-state index contributed by atoms with van der Waals surface area (Å²) in [5.41, 5.74) is 6.65. The van der Waals surface area contributed by atoms with Crippen LogP contribution in [0.2, 0.25) is 0 Å². The van der Waals surface area contributed by atoms with Gasteiger partial charge in [-0.05, 0) is 25.7 Å². The van der Waals surface area contributed by atoms with E-state index < -0.39 is 0 Å². The fourth-order valence-electron chi connectivity index (χ4n) is 3.38. The SMILES string of the molecule is Cc1cc(N)nc(CN2CC3CCC(O)C3C2)n1. The molecule has 1 aliphatic heterocycles. The van der Waals surface area contributed by atoms with Gasteiger partial charge in [0.15, 0.2) is 0 Å². The first-order valence-corrected chi connectivity index (χ1v) is 6.62. The zero-order valence-electron chi connectivity index (χ0n) is 10.7. The van der Waals surface area contributed by atoms with E-state index in [0.29, 0.717) is 17.7 Å². The standard InChI is InChI=1S/C13H20N4O/c1-8-4-12(14)16-13(15-8)7-17-5-9-2-3-11(18)10(9)6-17/h4,9-11,18H,2-3,5-7H2,1H3,(H2,14,15,16). The van der Waals surface area contributed by atoms with Gasteiger partial charge in [0, 0.05) is 30.8 Å². The van der Waals surface area contributed by atoms with Crippen molar-refractivity contribution in [3.63, 3.8) is 0 Å². The number of nitrogens with two attached hydrogens (primary N) is 1. The lowest BCUT2D eigenvalue weighted by Gasteiger charge is -2.17. The molecule has 2 fully saturated rings. The number of rotatable bonds is 2. The van der Waals surface area contributed by atoms with E-state index in [4.69, 9.17) is 5.73 Å². The maximum Gasteiger partial charge on any atom is 0.144 e.